The number of carbonyl (C=O) groups is 3. The number of hydrogen-bond donors (Lipinski definition) is 1. The second kappa shape index (κ2) is 9.17. The van der Waals surface area contributed by atoms with E-state index in [4.69, 9.17) is 9.47 Å². The van der Waals surface area contributed by atoms with Gasteiger partial charge in [0.15, 0.2) is 6.29 Å². The summed E-state index contributed by atoms with van der Waals surface area (Å²) in [7, 11) is 3.08. The molecular formula is C26H24FN3O5. The number of aldehydes is 1. The van der Waals surface area contributed by atoms with Crippen LogP contribution in [-0.4, -0.2) is 47.7 Å². The van der Waals surface area contributed by atoms with E-state index in [1.165, 1.54) is 35.4 Å². The van der Waals surface area contributed by atoms with E-state index in [1.54, 1.807) is 26.2 Å². The molecule has 0 spiro atoms. The number of aromatic nitrogens is 1. The van der Waals surface area contributed by atoms with E-state index in [0.717, 1.165) is 11.6 Å². The number of fused-ring (bicyclic) bond motifs is 1. The predicted molar refractivity (Wildman–Crippen MR) is 127 cm³/mol. The third-order valence-electron chi connectivity index (χ3n) is 5.39. The molecule has 1 aromatic heterocycles. The number of anilines is 1. The Morgan fingerprint density at radius 1 is 1.17 bits per heavy atom. The van der Waals surface area contributed by atoms with E-state index in [0.29, 0.717) is 29.8 Å². The zero-order chi connectivity index (χ0) is 25.3. The Balaban J connectivity index is 1.65. The number of nitrogens with zero attached hydrogens (tertiary/aromatic N) is 2. The summed E-state index contributed by atoms with van der Waals surface area (Å²) < 4.78 is 26.6. The lowest BCUT2D eigenvalue weighted by atomic mass is 9.99. The lowest BCUT2D eigenvalue weighted by molar-refractivity contribution is 0.0822. The molecule has 1 N–H and O–H groups in total. The average molecular weight is 477 g/mol. The Bertz CT molecular complexity index is 1320. The predicted octanol–water partition coefficient (Wildman–Crippen LogP) is 4.49. The molecule has 0 saturated carbocycles. The molecule has 0 saturated heterocycles. The molecule has 35 heavy (non-hydrogen) atoms. The molecule has 2 aromatic carbocycles. The van der Waals surface area contributed by atoms with Gasteiger partial charge >= 0.3 is 0 Å². The van der Waals surface area contributed by atoms with Crippen LogP contribution < -0.4 is 14.8 Å². The first kappa shape index (κ1) is 23.9. The van der Waals surface area contributed by atoms with Gasteiger partial charge in [0.2, 0.25) is 0 Å². The van der Waals surface area contributed by atoms with E-state index in [1.807, 2.05) is 13.8 Å². The van der Waals surface area contributed by atoms with E-state index < -0.39 is 23.2 Å². The van der Waals surface area contributed by atoms with Crippen molar-refractivity contribution in [2.75, 3.05) is 19.4 Å². The van der Waals surface area contributed by atoms with Crippen LogP contribution in [0, 0.1) is 5.82 Å². The molecule has 0 aliphatic carbocycles. The number of halogens is 1. The summed E-state index contributed by atoms with van der Waals surface area (Å²) in [6.45, 7) is 3.83. The van der Waals surface area contributed by atoms with Crippen molar-refractivity contribution in [3.05, 3.63) is 76.7 Å². The third kappa shape index (κ3) is 5.13. The van der Waals surface area contributed by atoms with Gasteiger partial charge in [-0.2, -0.15) is 0 Å². The standard InChI is InChI=1S/C26H24FN3O5/c1-26(2)12-19-21(34-17-6-7-18(20(27)11-17)25(33)30(3)4)9-16(10-22(19)35-26)24(32)29-23-8-5-15(14-31)13-28-23/h5-11,13-14H,12H2,1-4H3,(H,28,29,32). The summed E-state index contributed by atoms with van der Waals surface area (Å²) in [6.07, 6.45) is 2.53. The summed E-state index contributed by atoms with van der Waals surface area (Å²) in [5, 5.41) is 2.67. The van der Waals surface area contributed by atoms with Crippen molar-refractivity contribution in [1.29, 1.82) is 0 Å². The lowest BCUT2D eigenvalue weighted by Crippen LogP contribution is -2.24. The minimum atomic E-state index is -0.715. The van der Waals surface area contributed by atoms with Crippen molar-refractivity contribution in [2.24, 2.45) is 0 Å². The Hall–Kier alpha value is -4.27. The zero-order valence-electron chi connectivity index (χ0n) is 19.7. The van der Waals surface area contributed by atoms with Gasteiger partial charge in [-0.25, -0.2) is 9.37 Å². The number of amides is 2. The molecule has 0 radical (unpaired) electrons. The minimum absolute atomic E-state index is 0.0710. The van der Waals surface area contributed by atoms with E-state index in [-0.39, 0.29) is 22.7 Å². The van der Waals surface area contributed by atoms with Crippen LogP contribution >= 0.6 is 0 Å². The maximum absolute atomic E-state index is 14.6. The third-order valence-corrected chi connectivity index (χ3v) is 5.39. The number of rotatable bonds is 6. The highest BCUT2D eigenvalue weighted by atomic mass is 19.1. The fraction of sp³-hybridized carbons (Fsp3) is 0.231. The number of carbonyl (C=O) groups excluding carboxylic acids is 3. The summed E-state index contributed by atoms with van der Waals surface area (Å²) in [4.78, 5) is 41.2. The Morgan fingerprint density at radius 3 is 2.57 bits per heavy atom. The average Bonchev–Trinajstić information content (AvgIpc) is 3.13. The second-order valence-electron chi connectivity index (χ2n) is 8.98. The van der Waals surface area contributed by atoms with Gasteiger partial charge < -0.3 is 19.7 Å². The molecule has 0 atom stereocenters. The molecule has 1 aliphatic rings. The van der Waals surface area contributed by atoms with Crippen molar-refractivity contribution in [1.82, 2.24) is 9.88 Å². The van der Waals surface area contributed by atoms with Crippen LogP contribution in [0.4, 0.5) is 10.2 Å². The Kier molecular flexibility index (Phi) is 6.26. The second-order valence-corrected chi connectivity index (χ2v) is 8.98. The zero-order valence-corrected chi connectivity index (χ0v) is 19.7. The van der Waals surface area contributed by atoms with Gasteiger partial charge in [0.05, 0.1) is 5.56 Å². The van der Waals surface area contributed by atoms with Crippen LogP contribution in [0.25, 0.3) is 0 Å². The topological polar surface area (TPSA) is 97.8 Å². The van der Waals surface area contributed by atoms with E-state index in [9.17, 15) is 18.8 Å². The Morgan fingerprint density at radius 2 is 1.94 bits per heavy atom. The van der Waals surface area contributed by atoms with Gasteiger partial charge in [-0.3, -0.25) is 14.4 Å². The van der Waals surface area contributed by atoms with Crippen molar-refractivity contribution in [3.63, 3.8) is 0 Å². The summed E-state index contributed by atoms with van der Waals surface area (Å²) in [5.41, 5.74) is 0.789. The maximum Gasteiger partial charge on any atom is 0.257 e. The molecule has 180 valence electrons. The monoisotopic (exact) mass is 477 g/mol. The maximum atomic E-state index is 14.6. The largest absolute Gasteiger partial charge is 0.487 e. The first-order valence-corrected chi connectivity index (χ1v) is 10.8. The molecule has 8 nitrogen and oxygen atoms in total. The summed E-state index contributed by atoms with van der Waals surface area (Å²) in [5.74, 6) is -0.362. The molecule has 2 heterocycles. The quantitative estimate of drug-likeness (QED) is 0.526. The van der Waals surface area contributed by atoms with Crippen LogP contribution in [0.2, 0.25) is 0 Å². The highest BCUT2D eigenvalue weighted by molar-refractivity contribution is 6.04. The van der Waals surface area contributed by atoms with Crippen LogP contribution in [0.5, 0.6) is 17.2 Å². The fourth-order valence-corrected chi connectivity index (χ4v) is 3.70. The lowest BCUT2D eigenvalue weighted by Gasteiger charge is -2.16. The van der Waals surface area contributed by atoms with Crippen molar-refractivity contribution >= 4 is 23.9 Å². The fourth-order valence-electron chi connectivity index (χ4n) is 3.70. The molecule has 3 aromatic rings. The normalized spacial score (nSPS) is 13.4. The molecule has 4 rings (SSSR count). The van der Waals surface area contributed by atoms with Gasteiger partial charge in [-0.05, 0) is 50.2 Å². The van der Waals surface area contributed by atoms with Crippen LogP contribution in [0.15, 0.2) is 48.7 Å². The molecular weight excluding hydrogens is 453 g/mol. The number of pyridine rings is 1. The summed E-state index contributed by atoms with van der Waals surface area (Å²) in [6, 6.07) is 10.2. The van der Waals surface area contributed by atoms with E-state index in [2.05, 4.69) is 10.3 Å². The molecule has 0 fully saturated rings. The first-order chi connectivity index (χ1) is 16.6. The number of nitrogens with one attached hydrogen (secondary N) is 1. The molecule has 0 unspecified atom stereocenters. The smallest absolute Gasteiger partial charge is 0.257 e. The van der Waals surface area contributed by atoms with Gasteiger partial charge in [0.1, 0.15) is 34.5 Å². The number of benzene rings is 2. The number of ether oxygens (including phenoxy) is 2. The summed E-state index contributed by atoms with van der Waals surface area (Å²) >= 11 is 0. The first-order valence-electron chi connectivity index (χ1n) is 10.8. The van der Waals surface area contributed by atoms with Crippen LogP contribution in [-0.2, 0) is 6.42 Å². The highest BCUT2D eigenvalue weighted by Crippen LogP contribution is 2.43. The van der Waals surface area contributed by atoms with Gasteiger partial charge in [-0.15, -0.1) is 0 Å². The molecule has 1 aliphatic heterocycles. The van der Waals surface area contributed by atoms with Crippen LogP contribution in [0.3, 0.4) is 0 Å². The van der Waals surface area contributed by atoms with E-state index >= 15 is 0 Å². The van der Waals surface area contributed by atoms with Crippen LogP contribution in [0.1, 0.15) is 50.5 Å². The highest BCUT2D eigenvalue weighted by Gasteiger charge is 2.34. The molecule has 0 bridgehead atoms. The SMILES string of the molecule is CN(C)C(=O)c1ccc(Oc2cc(C(=O)Nc3ccc(C=O)cn3)cc3c2CC(C)(C)O3)cc1F. The Labute approximate surface area is 201 Å². The van der Waals surface area contributed by atoms with Gasteiger partial charge in [-0.1, -0.05) is 0 Å². The van der Waals surface area contributed by atoms with Crippen molar-refractivity contribution in [2.45, 2.75) is 25.9 Å². The van der Waals surface area contributed by atoms with Crippen molar-refractivity contribution < 1.29 is 28.2 Å². The van der Waals surface area contributed by atoms with Gasteiger partial charge in [0.25, 0.3) is 11.8 Å². The molecule has 9 heteroatoms. The minimum Gasteiger partial charge on any atom is -0.487 e. The van der Waals surface area contributed by atoms with Crippen molar-refractivity contribution in [3.8, 4) is 17.2 Å². The number of hydrogen-bond acceptors (Lipinski definition) is 6. The molecule has 2 amide bonds. The van der Waals surface area contributed by atoms with Gasteiger partial charge in [0, 0.05) is 49.5 Å².